The normalized spacial score (nSPS) is 13.4. The van der Waals surface area contributed by atoms with Crippen molar-refractivity contribution in [1.82, 2.24) is 9.78 Å². The summed E-state index contributed by atoms with van der Waals surface area (Å²) in [4.78, 5) is 0. The molecule has 1 unspecified atom stereocenters. The van der Waals surface area contributed by atoms with Crippen molar-refractivity contribution in [2.45, 2.75) is 52.1 Å². The molecular formula is C18H26N2O. The maximum Gasteiger partial charge on any atom is 0.0845 e. The highest BCUT2D eigenvalue weighted by Crippen LogP contribution is 2.25. The second-order valence-electron chi connectivity index (χ2n) is 6.70. The van der Waals surface area contributed by atoms with Crippen LogP contribution in [0.3, 0.4) is 0 Å². The van der Waals surface area contributed by atoms with E-state index in [2.05, 4.69) is 51.0 Å². The molecule has 3 heteroatoms. The molecule has 0 spiro atoms. The van der Waals surface area contributed by atoms with Gasteiger partial charge in [-0.1, -0.05) is 52.0 Å². The molecule has 1 atom stereocenters. The van der Waals surface area contributed by atoms with Crippen molar-refractivity contribution < 1.29 is 5.11 Å². The summed E-state index contributed by atoms with van der Waals surface area (Å²) in [6, 6.07) is 10.4. The summed E-state index contributed by atoms with van der Waals surface area (Å²) in [6.07, 6.45) is 1.03. The molecule has 0 fully saturated rings. The van der Waals surface area contributed by atoms with Crippen molar-refractivity contribution >= 4 is 0 Å². The highest BCUT2D eigenvalue weighted by molar-refractivity contribution is 5.29. The van der Waals surface area contributed by atoms with E-state index in [0.29, 0.717) is 6.42 Å². The summed E-state index contributed by atoms with van der Waals surface area (Å²) >= 11 is 0. The van der Waals surface area contributed by atoms with Crippen LogP contribution >= 0.6 is 0 Å². The van der Waals surface area contributed by atoms with E-state index in [1.807, 2.05) is 23.9 Å². The van der Waals surface area contributed by atoms with Gasteiger partial charge < -0.3 is 5.11 Å². The van der Waals surface area contributed by atoms with Gasteiger partial charge in [0.15, 0.2) is 0 Å². The van der Waals surface area contributed by atoms with Gasteiger partial charge in [0, 0.05) is 19.2 Å². The molecule has 0 amide bonds. The average Bonchev–Trinajstić information content (AvgIpc) is 2.78. The Balaban J connectivity index is 2.13. The highest BCUT2D eigenvalue weighted by atomic mass is 16.3. The van der Waals surface area contributed by atoms with Gasteiger partial charge in [-0.2, -0.15) is 5.10 Å². The van der Waals surface area contributed by atoms with E-state index in [0.717, 1.165) is 23.4 Å². The molecule has 1 heterocycles. The lowest BCUT2D eigenvalue weighted by Gasteiger charge is -2.20. The maximum absolute atomic E-state index is 10.4. The first-order chi connectivity index (χ1) is 9.81. The van der Waals surface area contributed by atoms with Crippen LogP contribution in [0, 0.1) is 0 Å². The second kappa shape index (κ2) is 6.02. The third-order valence-corrected chi connectivity index (χ3v) is 3.95. The smallest absolute Gasteiger partial charge is 0.0845 e. The van der Waals surface area contributed by atoms with E-state index in [-0.39, 0.29) is 5.41 Å². The van der Waals surface area contributed by atoms with Crippen LogP contribution in [0.5, 0.6) is 0 Å². The molecular weight excluding hydrogens is 260 g/mol. The molecule has 0 saturated heterocycles. The first-order valence-electron chi connectivity index (χ1n) is 7.61. The first kappa shape index (κ1) is 15.8. The zero-order valence-corrected chi connectivity index (χ0v) is 13.7. The Morgan fingerprint density at radius 1 is 1.19 bits per heavy atom. The van der Waals surface area contributed by atoms with Crippen LogP contribution in [0.4, 0.5) is 0 Å². The van der Waals surface area contributed by atoms with E-state index in [1.54, 1.807) is 0 Å². The molecule has 0 radical (unpaired) electrons. The Hall–Kier alpha value is -1.61. The summed E-state index contributed by atoms with van der Waals surface area (Å²) < 4.78 is 1.87. The minimum Gasteiger partial charge on any atom is -0.388 e. The lowest BCUT2D eigenvalue weighted by Crippen LogP contribution is -2.11. The first-order valence-corrected chi connectivity index (χ1v) is 7.61. The zero-order chi connectivity index (χ0) is 15.6. The molecule has 114 valence electrons. The molecule has 2 aromatic rings. The largest absolute Gasteiger partial charge is 0.388 e. The van der Waals surface area contributed by atoms with E-state index in [9.17, 15) is 5.11 Å². The molecule has 3 nitrogen and oxygen atoms in total. The minimum atomic E-state index is -0.487. The summed E-state index contributed by atoms with van der Waals surface area (Å²) in [7, 11) is 1.93. The van der Waals surface area contributed by atoms with E-state index in [4.69, 9.17) is 0 Å². The lowest BCUT2D eigenvalue weighted by molar-refractivity contribution is 0.175. The summed E-state index contributed by atoms with van der Waals surface area (Å²) in [5.74, 6) is 0. The lowest BCUT2D eigenvalue weighted by atomic mass is 9.86. The molecule has 2 rings (SSSR count). The molecule has 1 aromatic carbocycles. The Kier molecular flexibility index (Phi) is 4.52. The van der Waals surface area contributed by atoms with Crippen LogP contribution in [0.2, 0.25) is 0 Å². The number of rotatable bonds is 4. The number of nitrogens with zero attached hydrogens (tertiary/aromatic N) is 2. The van der Waals surface area contributed by atoms with Crippen LogP contribution in [-0.2, 0) is 25.3 Å². The molecule has 0 aliphatic rings. The van der Waals surface area contributed by atoms with Gasteiger partial charge in [0.2, 0.25) is 0 Å². The van der Waals surface area contributed by atoms with Gasteiger partial charge >= 0.3 is 0 Å². The van der Waals surface area contributed by atoms with Crippen LogP contribution in [-0.4, -0.2) is 14.9 Å². The molecule has 0 aliphatic heterocycles. The monoisotopic (exact) mass is 286 g/mol. The summed E-state index contributed by atoms with van der Waals surface area (Å²) in [6.45, 7) is 8.68. The second-order valence-corrected chi connectivity index (χ2v) is 6.70. The molecule has 1 N–H and O–H groups in total. The topological polar surface area (TPSA) is 38.0 Å². The highest BCUT2D eigenvalue weighted by Gasteiger charge is 2.16. The summed E-state index contributed by atoms with van der Waals surface area (Å²) in [5.41, 5.74) is 4.53. The maximum atomic E-state index is 10.4. The van der Waals surface area contributed by atoms with Gasteiger partial charge in [0.1, 0.15) is 0 Å². The van der Waals surface area contributed by atoms with E-state index < -0.39 is 6.10 Å². The van der Waals surface area contributed by atoms with Gasteiger partial charge in [0.25, 0.3) is 0 Å². The minimum absolute atomic E-state index is 0.140. The van der Waals surface area contributed by atoms with Crippen LogP contribution in [0.1, 0.15) is 56.3 Å². The van der Waals surface area contributed by atoms with Crippen molar-refractivity contribution in [2.75, 3.05) is 0 Å². The van der Waals surface area contributed by atoms with E-state index >= 15 is 0 Å². The zero-order valence-electron chi connectivity index (χ0n) is 13.7. The number of aromatic nitrogens is 2. The van der Waals surface area contributed by atoms with Crippen molar-refractivity contribution in [1.29, 1.82) is 0 Å². The van der Waals surface area contributed by atoms with Gasteiger partial charge in [-0.25, -0.2) is 0 Å². The third kappa shape index (κ3) is 3.73. The standard InChI is InChI=1S/C18H26N2O/c1-6-15-11-16(20(5)19-15)12-17(21)13-7-9-14(10-8-13)18(2,3)4/h7-11,17,21H,6,12H2,1-5H3. The Morgan fingerprint density at radius 2 is 1.81 bits per heavy atom. The van der Waals surface area contributed by atoms with Crippen molar-refractivity contribution in [3.8, 4) is 0 Å². The van der Waals surface area contributed by atoms with Crippen LogP contribution in [0.15, 0.2) is 30.3 Å². The fraction of sp³-hybridized carbons (Fsp3) is 0.500. The molecule has 21 heavy (non-hydrogen) atoms. The fourth-order valence-corrected chi connectivity index (χ4v) is 2.46. The molecule has 0 bridgehead atoms. The average molecular weight is 286 g/mol. The van der Waals surface area contributed by atoms with Crippen molar-refractivity contribution in [3.63, 3.8) is 0 Å². The predicted molar refractivity (Wildman–Crippen MR) is 86.4 cm³/mol. The number of hydrogen-bond donors (Lipinski definition) is 1. The molecule has 0 saturated carbocycles. The fourth-order valence-electron chi connectivity index (χ4n) is 2.46. The van der Waals surface area contributed by atoms with Gasteiger partial charge in [0.05, 0.1) is 11.8 Å². The van der Waals surface area contributed by atoms with Gasteiger partial charge in [-0.3, -0.25) is 4.68 Å². The van der Waals surface area contributed by atoms with Crippen LogP contribution < -0.4 is 0 Å². The predicted octanol–water partition coefficient (Wildman–Crippen LogP) is 3.56. The SMILES string of the molecule is CCc1cc(CC(O)c2ccc(C(C)(C)C)cc2)n(C)n1. The third-order valence-electron chi connectivity index (χ3n) is 3.95. The van der Waals surface area contributed by atoms with Gasteiger partial charge in [-0.05, 0) is 29.0 Å². The number of aliphatic hydroxyl groups excluding tert-OH is 1. The summed E-state index contributed by atoms with van der Waals surface area (Å²) in [5, 5.41) is 14.9. The van der Waals surface area contributed by atoms with Crippen molar-refractivity contribution in [2.24, 2.45) is 7.05 Å². The molecule has 0 aliphatic carbocycles. The van der Waals surface area contributed by atoms with E-state index in [1.165, 1.54) is 5.56 Å². The Labute approximate surface area is 127 Å². The van der Waals surface area contributed by atoms with Gasteiger partial charge in [-0.15, -0.1) is 0 Å². The quantitative estimate of drug-likeness (QED) is 0.933. The number of aryl methyl sites for hydroxylation is 2. The van der Waals surface area contributed by atoms with Crippen molar-refractivity contribution in [3.05, 3.63) is 52.8 Å². The molecule has 1 aromatic heterocycles. The number of benzene rings is 1. The van der Waals surface area contributed by atoms with Crippen LogP contribution in [0.25, 0.3) is 0 Å². The Morgan fingerprint density at radius 3 is 2.29 bits per heavy atom. The Bertz CT molecular complexity index is 591. The number of hydrogen-bond acceptors (Lipinski definition) is 2. The number of aliphatic hydroxyl groups is 1.